The van der Waals surface area contributed by atoms with Crippen LogP contribution in [-0.2, 0) is 7.05 Å². The maximum absolute atomic E-state index is 12.5. The second-order valence-corrected chi connectivity index (χ2v) is 4.47. The van der Waals surface area contributed by atoms with Crippen molar-refractivity contribution in [2.75, 3.05) is 17.2 Å². The second kappa shape index (κ2) is 5.56. The molecule has 0 saturated carbocycles. The molecule has 5 heteroatoms. The first-order valence-electron chi connectivity index (χ1n) is 6.27. The highest BCUT2D eigenvalue weighted by Crippen LogP contribution is 2.18. The summed E-state index contributed by atoms with van der Waals surface area (Å²) >= 11 is 0. The van der Waals surface area contributed by atoms with E-state index in [1.165, 1.54) is 0 Å². The largest absolute Gasteiger partial charge is 0.399 e. The lowest BCUT2D eigenvalue weighted by atomic mass is 10.2. The summed E-state index contributed by atoms with van der Waals surface area (Å²) in [7, 11) is 1.84. The Hall–Kier alpha value is -2.30. The van der Waals surface area contributed by atoms with Gasteiger partial charge in [0, 0.05) is 31.2 Å². The molecule has 5 nitrogen and oxygen atoms in total. The molecule has 0 spiro atoms. The first-order valence-corrected chi connectivity index (χ1v) is 6.27. The number of aryl methyl sites for hydroxylation is 1. The molecule has 2 rings (SSSR count). The number of hydrogen-bond acceptors (Lipinski definition) is 3. The smallest absolute Gasteiger partial charge is 0.278 e. The van der Waals surface area contributed by atoms with Gasteiger partial charge >= 0.3 is 0 Å². The quantitative estimate of drug-likeness (QED) is 0.854. The minimum Gasteiger partial charge on any atom is -0.399 e. The Labute approximate surface area is 112 Å². The summed E-state index contributed by atoms with van der Waals surface area (Å²) in [6.45, 7) is 2.69. The second-order valence-electron chi connectivity index (χ2n) is 4.47. The number of rotatable bonds is 4. The molecule has 100 valence electrons. The normalized spacial score (nSPS) is 10.4. The molecule has 0 aliphatic rings. The van der Waals surface area contributed by atoms with Gasteiger partial charge in [0.25, 0.3) is 5.91 Å². The van der Waals surface area contributed by atoms with Crippen LogP contribution in [0.25, 0.3) is 0 Å². The standard InChI is InChI=1S/C14H18N4O/c1-3-8-18(12-6-4-11(15)5-7-12)14(19)13-9-17(2)10-16-13/h4-7,9-10H,3,8,15H2,1-2H3. The van der Waals surface area contributed by atoms with Gasteiger partial charge < -0.3 is 15.2 Å². The lowest BCUT2D eigenvalue weighted by Gasteiger charge is -2.21. The Morgan fingerprint density at radius 3 is 2.58 bits per heavy atom. The molecule has 0 fully saturated rings. The number of nitrogens with zero attached hydrogens (tertiary/aromatic N) is 3. The number of aromatic nitrogens is 2. The fourth-order valence-corrected chi connectivity index (χ4v) is 1.89. The lowest BCUT2D eigenvalue weighted by molar-refractivity contribution is 0.0982. The molecule has 1 aromatic carbocycles. The Kier molecular flexibility index (Phi) is 3.85. The van der Waals surface area contributed by atoms with Crippen LogP contribution in [0.1, 0.15) is 23.8 Å². The number of imidazole rings is 1. The van der Waals surface area contributed by atoms with Crippen LogP contribution >= 0.6 is 0 Å². The van der Waals surface area contributed by atoms with Crippen molar-refractivity contribution in [3.05, 3.63) is 42.5 Å². The highest BCUT2D eigenvalue weighted by Gasteiger charge is 2.18. The number of nitrogens with two attached hydrogens (primary N) is 1. The van der Waals surface area contributed by atoms with E-state index in [1.807, 2.05) is 26.1 Å². The Morgan fingerprint density at radius 1 is 1.37 bits per heavy atom. The van der Waals surface area contributed by atoms with Crippen LogP contribution in [0.5, 0.6) is 0 Å². The van der Waals surface area contributed by atoms with E-state index in [1.54, 1.807) is 34.1 Å². The maximum Gasteiger partial charge on any atom is 0.278 e. The van der Waals surface area contributed by atoms with Gasteiger partial charge in [0.1, 0.15) is 5.69 Å². The van der Waals surface area contributed by atoms with Gasteiger partial charge in [0.2, 0.25) is 0 Å². The molecule has 0 aliphatic heterocycles. The van der Waals surface area contributed by atoms with Crippen LogP contribution < -0.4 is 10.6 Å². The Bertz CT molecular complexity index is 559. The molecule has 0 aliphatic carbocycles. The lowest BCUT2D eigenvalue weighted by Crippen LogP contribution is -2.31. The van der Waals surface area contributed by atoms with Crippen molar-refractivity contribution in [1.29, 1.82) is 0 Å². The topological polar surface area (TPSA) is 64.2 Å². The van der Waals surface area contributed by atoms with Crippen molar-refractivity contribution in [3.63, 3.8) is 0 Å². The summed E-state index contributed by atoms with van der Waals surface area (Å²) in [6.07, 6.45) is 4.23. The van der Waals surface area contributed by atoms with Crippen molar-refractivity contribution in [2.24, 2.45) is 7.05 Å². The van der Waals surface area contributed by atoms with E-state index in [0.29, 0.717) is 17.9 Å². The van der Waals surface area contributed by atoms with Gasteiger partial charge in [-0.05, 0) is 30.7 Å². The van der Waals surface area contributed by atoms with Crippen LogP contribution in [0.3, 0.4) is 0 Å². The van der Waals surface area contributed by atoms with Gasteiger partial charge in [0.15, 0.2) is 0 Å². The first kappa shape index (κ1) is 13.1. The number of anilines is 2. The summed E-state index contributed by atoms with van der Waals surface area (Å²) < 4.78 is 1.76. The third-order valence-corrected chi connectivity index (χ3v) is 2.82. The van der Waals surface area contributed by atoms with Crippen molar-refractivity contribution >= 4 is 17.3 Å². The zero-order valence-corrected chi connectivity index (χ0v) is 11.2. The Balaban J connectivity index is 2.29. The predicted molar refractivity (Wildman–Crippen MR) is 76.0 cm³/mol. The van der Waals surface area contributed by atoms with Gasteiger partial charge in [-0.15, -0.1) is 0 Å². The number of nitrogen functional groups attached to an aromatic ring is 1. The van der Waals surface area contributed by atoms with Crippen LogP contribution in [0, 0.1) is 0 Å². The summed E-state index contributed by atoms with van der Waals surface area (Å²) in [5, 5.41) is 0. The van der Waals surface area contributed by atoms with E-state index in [-0.39, 0.29) is 5.91 Å². The predicted octanol–water partition coefficient (Wildman–Crippen LogP) is 2.06. The number of carbonyl (C=O) groups is 1. The van der Waals surface area contributed by atoms with Gasteiger partial charge in [0.05, 0.1) is 6.33 Å². The average Bonchev–Trinajstić information content (AvgIpc) is 2.83. The van der Waals surface area contributed by atoms with E-state index in [4.69, 9.17) is 5.73 Å². The highest BCUT2D eigenvalue weighted by molar-refractivity contribution is 6.04. The molecule has 2 N–H and O–H groups in total. The van der Waals surface area contributed by atoms with Crippen molar-refractivity contribution in [1.82, 2.24) is 9.55 Å². The molecule has 0 unspecified atom stereocenters. The SMILES string of the molecule is CCCN(C(=O)c1cn(C)cn1)c1ccc(N)cc1. The molecule has 0 saturated heterocycles. The minimum absolute atomic E-state index is 0.0905. The first-order chi connectivity index (χ1) is 9.11. The Morgan fingerprint density at radius 2 is 2.05 bits per heavy atom. The fraction of sp³-hybridized carbons (Fsp3) is 0.286. The molecule has 1 amide bonds. The molecule has 0 bridgehead atoms. The molecular weight excluding hydrogens is 240 g/mol. The summed E-state index contributed by atoms with van der Waals surface area (Å²) in [5.74, 6) is -0.0905. The summed E-state index contributed by atoms with van der Waals surface area (Å²) in [4.78, 5) is 18.3. The van der Waals surface area contributed by atoms with Gasteiger partial charge in [-0.1, -0.05) is 6.92 Å². The van der Waals surface area contributed by atoms with Crippen LogP contribution in [0.4, 0.5) is 11.4 Å². The van der Waals surface area contributed by atoms with Crippen LogP contribution in [0.15, 0.2) is 36.8 Å². The van der Waals surface area contributed by atoms with Gasteiger partial charge in [-0.2, -0.15) is 0 Å². The van der Waals surface area contributed by atoms with E-state index < -0.39 is 0 Å². The fourth-order valence-electron chi connectivity index (χ4n) is 1.89. The van der Waals surface area contributed by atoms with Gasteiger partial charge in [-0.3, -0.25) is 4.79 Å². The zero-order chi connectivity index (χ0) is 13.8. The van der Waals surface area contributed by atoms with E-state index in [0.717, 1.165) is 12.1 Å². The molecule has 0 atom stereocenters. The van der Waals surface area contributed by atoms with Crippen molar-refractivity contribution in [3.8, 4) is 0 Å². The molecule has 2 aromatic rings. The molecule has 0 radical (unpaired) electrons. The monoisotopic (exact) mass is 258 g/mol. The summed E-state index contributed by atoms with van der Waals surface area (Å²) in [6, 6.07) is 7.30. The third kappa shape index (κ3) is 2.93. The van der Waals surface area contributed by atoms with Crippen LogP contribution in [-0.4, -0.2) is 22.0 Å². The highest BCUT2D eigenvalue weighted by atomic mass is 16.2. The number of amides is 1. The molecule has 1 aromatic heterocycles. The third-order valence-electron chi connectivity index (χ3n) is 2.82. The van der Waals surface area contributed by atoms with E-state index in [2.05, 4.69) is 4.98 Å². The number of hydrogen-bond donors (Lipinski definition) is 1. The number of carbonyl (C=O) groups excluding carboxylic acids is 1. The molecular formula is C14H18N4O. The minimum atomic E-state index is -0.0905. The zero-order valence-electron chi connectivity index (χ0n) is 11.2. The summed E-state index contributed by atoms with van der Waals surface area (Å²) in [5.41, 5.74) is 7.65. The van der Waals surface area contributed by atoms with Crippen LogP contribution in [0.2, 0.25) is 0 Å². The van der Waals surface area contributed by atoms with Crippen molar-refractivity contribution in [2.45, 2.75) is 13.3 Å². The molecule has 19 heavy (non-hydrogen) atoms. The average molecular weight is 258 g/mol. The molecule has 1 heterocycles. The van der Waals surface area contributed by atoms with E-state index >= 15 is 0 Å². The van der Waals surface area contributed by atoms with E-state index in [9.17, 15) is 4.79 Å². The van der Waals surface area contributed by atoms with Gasteiger partial charge in [-0.25, -0.2) is 4.98 Å². The number of benzene rings is 1. The maximum atomic E-state index is 12.5. The van der Waals surface area contributed by atoms with Crippen molar-refractivity contribution < 1.29 is 4.79 Å².